The third-order valence-corrected chi connectivity index (χ3v) is 8.39. The molecule has 0 amide bonds. The summed E-state index contributed by atoms with van der Waals surface area (Å²) >= 11 is 0. The van der Waals surface area contributed by atoms with Crippen molar-refractivity contribution in [1.29, 1.82) is 0 Å². The highest BCUT2D eigenvalue weighted by atomic mass is 15.2. The summed E-state index contributed by atoms with van der Waals surface area (Å²) in [6.45, 7) is 0. The van der Waals surface area contributed by atoms with Crippen molar-refractivity contribution in [3.8, 4) is 28.2 Å². The Bertz CT molecular complexity index is 2510. The first kappa shape index (κ1) is 23.7. The Morgan fingerprint density at radius 2 is 1.09 bits per heavy atom. The van der Waals surface area contributed by atoms with Crippen molar-refractivity contribution in [2.75, 3.05) is 0 Å². The third-order valence-electron chi connectivity index (χ3n) is 8.39. The average Bonchev–Trinajstić information content (AvgIpc) is 3.39. The van der Waals surface area contributed by atoms with Gasteiger partial charge in [-0.25, -0.2) is 4.98 Å². The van der Waals surface area contributed by atoms with Gasteiger partial charge in [-0.1, -0.05) is 109 Å². The van der Waals surface area contributed by atoms with Crippen LogP contribution in [0.1, 0.15) is 0 Å². The van der Waals surface area contributed by atoms with E-state index in [0.717, 1.165) is 33.1 Å². The maximum Gasteiger partial charge on any atom is 0.188 e. The van der Waals surface area contributed by atoms with Gasteiger partial charge in [-0.15, -0.1) is 10.2 Å². The highest BCUT2D eigenvalue weighted by Crippen LogP contribution is 2.37. The van der Waals surface area contributed by atoms with E-state index in [0.29, 0.717) is 17.0 Å². The zero-order chi connectivity index (χ0) is 28.3. The summed E-state index contributed by atoms with van der Waals surface area (Å²) in [7, 11) is 0. The van der Waals surface area contributed by atoms with Gasteiger partial charge in [0.1, 0.15) is 16.7 Å². The van der Waals surface area contributed by atoms with Crippen LogP contribution in [-0.2, 0) is 0 Å². The summed E-state index contributed by atoms with van der Waals surface area (Å²) < 4.78 is 2.18. The van der Waals surface area contributed by atoms with E-state index in [4.69, 9.17) is 20.2 Å². The monoisotopic (exact) mass is 549 g/mol. The van der Waals surface area contributed by atoms with E-state index < -0.39 is 0 Å². The minimum atomic E-state index is 0.667. The zero-order valence-electron chi connectivity index (χ0n) is 23.0. The van der Waals surface area contributed by atoms with Crippen LogP contribution in [-0.4, -0.2) is 24.7 Å². The summed E-state index contributed by atoms with van der Waals surface area (Å²) in [5.74, 6) is 0.667. The molecule has 3 aromatic heterocycles. The number of nitrogens with zero attached hydrogens (tertiary/aromatic N) is 5. The standard InChI is InChI=1S/C38H23N5/c1-2-10-28-23-34-32(22-27(28)9-1)31-13-5-6-15-33(31)43(34)38-37-36(39-20-21-40-37)35(41-42-38)26-18-16-25(17-19-26)30-14-7-11-24-8-3-4-12-29(24)30/h1-23H. The van der Waals surface area contributed by atoms with E-state index in [2.05, 4.69) is 132 Å². The molecule has 3 heterocycles. The number of rotatable bonds is 3. The fraction of sp³-hybridized carbons (Fsp3) is 0. The maximum atomic E-state index is 4.84. The van der Waals surface area contributed by atoms with Crippen LogP contribution < -0.4 is 0 Å². The van der Waals surface area contributed by atoms with Crippen LogP contribution >= 0.6 is 0 Å². The predicted molar refractivity (Wildman–Crippen MR) is 175 cm³/mol. The Morgan fingerprint density at radius 1 is 0.442 bits per heavy atom. The van der Waals surface area contributed by atoms with Crippen molar-refractivity contribution in [1.82, 2.24) is 24.7 Å². The Morgan fingerprint density at radius 3 is 1.93 bits per heavy atom. The number of benzene rings is 6. The van der Waals surface area contributed by atoms with Crippen molar-refractivity contribution in [3.63, 3.8) is 0 Å². The highest BCUT2D eigenvalue weighted by Gasteiger charge is 2.20. The molecule has 6 aromatic carbocycles. The van der Waals surface area contributed by atoms with Crippen molar-refractivity contribution < 1.29 is 0 Å². The van der Waals surface area contributed by atoms with Gasteiger partial charge in [0.25, 0.3) is 0 Å². The molecule has 0 atom stereocenters. The minimum Gasteiger partial charge on any atom is -0.290 e. The molecule has 5 heteroatoms. The van der Waals surface area contributed by atoms with Gasteiger partial charge in [-0.2, -0.15) is 0 Å². The Balaban J connectivity index is 1.23. The normalized spacial score (nSPS) is 11.7. The smallest absolute Gasteiger partial charge is 0.188 e. The lowest BCUT2D eigenvalue weighted by Gasteiger charge is -2.12. The molecule has 0 saturated heterocycles. The molecule has 0 N–H and O–H groups in total. The molecule has 0 aliphatic carbocycles. The molecule has 0 fully saturated rings. The minimum absolute atomic E-state index is 0.667. The molecule has 0 saturated carbocycles. The van der Waals surface area contributed by atoms with Crippen LogP contribution in [0.25, 0.3) is 82.6 Å². The molecule has 0 spiro atoms. The average molecular weight is 550 g/mol. The van der Waals surface area contributed by atoms with Gasteiger partial charge in [0.15, 0.2) is 5.82 Å². The summed E-state index contributed by atoms with van der Waals surface area (Å²) in [4.78, 5) is 9.59. The molecule has 200 valence electrons. The summed E-state index contributed by atoms with van der Waals surface area (Å²) in [6, 6.07) is 44.8. The second-order valence-corrected chi connectivity index (χ2v) is 10.8. The number of hydrogen-bond donors (Lipinski definition) is 0. The Labute approximate surface area is 246 Å². The van der Waals surface area contributed by atoms with Gasteiger partial charge in [-0.05, 0) is 50.9 Å². The fourth-order valence-electron chi connectivity index (χ4n) is 6.38. The third kappa shape index (κ3) is 3.65. The second kappa shape index (κ2) is 9.29. The lowest BCUT2D eigenvalue weighted by Crippen LogP contribution is -2.04. The summed E-state index contributed by atoms with van der Waals surface area (Å²) in [5.41, 5.74) is 7.56. The van der Waals surface area contributed by atoms with Crippen LogP contribution in [0.4, 0.5) is 0 Å². The first-order chi connectivity index (χ1) is 21.3. The topological polar surface area (TPSA) is 56.5 Å². The van der Waals surface area contributed by atoms with E-state index in [1.165, 1.54) is 32.5 Å². The van der Waals surface area contributed by atoms with Crippen LogP contribution in [0.5, 0.6) is 0 Å². The van der Waals surface area contributed by atoms with Crippen molar-refractivity contribution >= 4 is 54.4 Å². The largest absolute Gasteiger partial charge is 0.290 e. The number of para-hydroxylation sites is 1. The van der Waals surface area contributed by atoms with Gasteiger partial charge in [0.05, 0.1) is 11.0 Å². The van der Waals surface area contributed by atoms with Crippen molar-refractivity contribution in [2.24, 2.45) is 0 Å². The van der Waals surface area contributed by atoms with E-state index in [9.17, 15) is 0 Å². The molecule has 5 nitrogen and oxygen atoms in total. The Hall–Kier alpha value is -5.94. The molecule has 0 bridgehead atoms. The summed E-state index contributed by atoms with van der Waals surface area (Å²) in [5, 5.41) is 16.8. The molecule has 0 unspecified atom stereocenters. The van der Waals surface area contributed by atoms with E-state index >= 15 is 0 Å². The van der Waals surface area contributed by atoms with E-state index in [-0.39, 0.29) is 0 Å². The Kier molecular flexibility index (Phi) is 5.13. The van der Waals surface area contributed by atoms with Crippen molar-refractivity contribution in [3.05, 3.63) is 140 Å². The molecular weight excluding hydrogens is 526 g/mol. The first-order valence-corrected chi connectivity index (χ1v) is 14.3. The molecule has 0 aliphatic heterocycles. The highest BCUT2D eigenvalue weighted by molar-refractivity contribution is 6.14. The van der Waals surface area contributed by atoms with E-state index in [1.54, 1.807) is 12.4 Å². The summed E-state index contributed by atoms with van der Waals surface area (Å²) in [6.07, 6.45) is 3.45. The van der Waals surface area contributed by atoms with Gasteiger partial charge in [0.2, 0.25) is 0 Å². The lowest BCUT2D eigenvalue weighted by molar-refractivity contribution is 0.965. The zero-order valence-corrected chi connectivity index (χ0v) is 23.0. The molecule has 9 aromatic rings. The van der Waals surface area contributed by atoms with Gasteiger partial charge < -0.3 is 0 Å². The van der Waals surface area contributed by atoms with Gasteiger partial charge in [-0.3, -0.25) is 9.55 Å². The molecule has 43 heavy (non-hydrogen) atoms. The predicted octanol–water partition coefficient (Wildman–Crippen LogP) is 9.16. The number of hydrogen-bond acceptors (Lipinski definition) is 4. The number of fused-ring (bicyclic) bond motifs is 6. The molecule has 0 aliphatic rings. The number of aromatic nitrogens is 5. The first-order valence-electron chi connectivity index (χ1n) is 14.3. The molecule has 9 rings (SSSR count). The SMILES string of the molecule is c1ccc2cc3c(cc2c1)c1ccccc1n3-c1nnc(-c2ccc(-c3cccc4ccccc34)cc2)c2nccnc12. The quantitative estimate of drug-likeness (QED) is 0.220. The molecular formula is C38H23N5. The fourth-order valence-corrected chi connectivity index (χ4v) is 6.38. The maximum absolute atomic E-state index is 4.84. The van der Waals surface area contributed by atoms with Crippen LogP contribution in [0, 0.1) is 0 Å². The molecule has 0 radical (unpaired) electrons. The second-order valence-electron chi connectivity index (χ2n) is 10.8. The van der Waals surface area contributed by atoms with Crippen LogP contribution in [0.3, 0.4) is 0 Å². The van der Waals surface area contributed by atoms with Crippen LogP contribution in [0.15, 0.2) is 140 Å². The lowest BCUT2D eigenvalue weighted by atomic mass is 9.97. The van der Waals surface area contributed by atoms with Crippen molar-refractivity contribution in [2.45, 2.75) is 0 Å². The van der Waals surface area contributed by atoms with E-state index in [1.807, 2.05) is 0 Å². The van der Waals surface area contributed by atoms with Gasteiger partial charge in [0, 0.05) is 28.7 Å². The van der Waals surface area contributed by atoms with Gasteiger partial charge >= 0.3 is 0 Å². The van der Waals surface area contributed by atoms with Crippen LogP contribution in [0.2, 0.25) is 0 Å².